The molecule has 6 nitrogen and oxygen atoms in total. The van der Waals surface area contributed by atoms with Crippen molar-refractivity contribution in [2.45, 2.75) is 58.2 Å². The molecule has 186 valence electrons. The van der Waals surface area contributed by atoms with Gasteiger partial charge in [0.25, 0.3) is 0 Å². The normalized spacial score (nSPS) is 16.4. The van der Waals surface area contributed by atoms with E-state index in [0.29, 0.717) is 42.4 Å². The van der Waals surface area contributed by atoms with Crippen molar-refractivity contribution in [1.82, 2.24) is 9.62 Å². The van der Waals surface area contributed by atoms with Crippen molar-refractivity contribution in [3.8, 4) is 5.75 Å². The van der Waals surface area contributed by atoms with Crippen LogP contribution < -0.4 is 10.1 Å². The molecule has 0 aromatic heterocycles. The second-order valence-corrected chi connectivity index (χ2v) is 11.8. The summed E-state index contributed by atoms with van der Waals surface area (Å²) in [5.74, 6) is 0.877. The highest BCUT2D eigenvalue weighted by Gasteiger charge is 2.32. The van der Waals surface area contributed by atoms with E-state index in [-0.39, 0.29) is 23.6 Å². The maximum atomic E-state index is 13.0. The zero-order valence-electron chi connectivity index (χ0n) is 20.6. The van der Waals surface area contributed by atoms with Gasteiger partial charge in [-0.05, 0) is 79.1 Å². The number of amides is 1. The molecule has 0 radical (unpaired) electrons. The maximum Gasteiger partial charge on any atom is 0.223 e. The van der Waals surface area contributed by atoms with Gasteiger partial charge in [-0.3, -0.25) is 4.79 Å². The van der Waals surface area contributed by atoms with E-state index in [1.165, 1.54) is 4.31 Å². The van der Waals surface area contributed by atoms with E-state index in [9.17, 15) is 13.2 Å². The summed E-state index contributed by atoms with van der Waals surface area (Å²) < 4.78 is 32.7. The molecule has 2 aromatic rings. The molecule has 1 aliphatic heterocycles. The molecule has 1 saturated heterocycles. The predicted octanol–water partition coefficient (Wildman–Crippen LogP) is 5.20. The molecule has 8 heteroatoms. The Morgan fingerprint density at radius 1 is 1.12 bits per heavy atom. The highest BCUT2D eigenvalue weighted by molar-refractivity contribution is 7.88. The van der Waals surface area contributed by atoms with Gasteiger partial charge in [-0.15, -0.1) is 0 Å². The minimum atomic E-state index is -3.44. The van der Waals surface area contributed by atoms with Crippen LogP contribution in [0.25, 0.3) is 0 Å². The van der Waals surface area contributed by atoms with Crippen molar-refractivity contribution in [1.29, 1.82) is 0 Å². The SMILES string of the molecule is COc1cc(C)c([C@@H](C)NC(=O)C2CCN(S(=O)(=O)Cc3ccc(Cl)cc3)CC2)cc1C(C)C. The average Bonchev–Trinajstić information content (AvgIpc) is 2.79. The Labute approximate surface area is 208 Å². The summed E-state index contributed by atoms with van der Waals surface area (Å²) in [5.41, 5.74) is 3.95. The van der Waals surface area contributed by atoms with Gasteiger partial charge in [0, 0.05) is 24.0 Å². The van der Waals surface area contributed by atoms with Crippen LogP contribution in [0, 0.1) is 12.8 Å². The third-order valence-corrected chi connectivity index (χ3v) is 8.65. The summed E-state index contributed by atoms with van der Waals surface area (Å²) in [6.45, 7) is 8.95. The van der Waals surface area contributed by atoms with E-state index < -0.39 is 10.0 Å². The minimum Gasteiger partial charge on any atom is -0.496 e. The lowest BCUT2D eigenvalue weighted by atomic mass is 9.92. The maximum absolute atomic E-state index is 13.0. The van der Waals surface area contributed by atoms with Gasteiger partial charge >= 0.3 is 0 Å². The molecule has 1 fully saturated rings. The smallest absolute Gasteiger partial charge is 0.223 e. The van der Waals surface area contributed by atoms with Gasteiger partial charge in [-0.2, -0.15) is 0 Å². The summed E-state index contributed by atoms with van der Waals surface area (Å²) in [4.78, 5) is 13.0. The van der Waals surface area contributed by atoms with Crippen LogP contribution in [0.1, 0.15) is 67.8 Å². The monoisotopic (exact) mass is 506 g/mol. The number of carbonyl (C=O) groups excluding carboxylic acids is 1. The van der Waals surface area contributed by atoms with Crippen molar-refractivity contribution < 1.29 is 17.9 Å². The van der Waals surface area contributed by atoms with E-state index in [1.807, 2.05) is 19.9 Å². The summed E-state index contributed by atoms with van der Waals surface area (Å²) >= 11 is 5.89. The molecule has 0 bridgehead atoms. The fraction of sp³-hybridized carbons (Fsp3) is 0.500. The van der Waals surface area contributed by atoms with Gasteiger partial charge in [0.15, 0.2) is 0 Å². The van der Waals surface area contributed by atoms with E-state index in [4.69, 9.17) is 16.3 Å². The summed E-state index contributed by atoms with van der Waals surface area (Å²) in [7, 11) is -1.77. The van der Waals surface area contributed by atoms with Crippen LogP contribution in [0.3, 0.4) is 0 Å². The number of hydrogen-bond acceptors (Lipinski definition) is 4. The number of ether oxygens (including phenoxy) is 1. The first-order valence-corrected chi connectivity index (χ1v) is 13.7. The van der Waals surface area contributed by atoms with Crippen LogP contribution in [0.2, 0.25) is 5.02 Å². The van der Waals surface area contributed by atoms with Gasteiger partial charge in [0.2, 0.25) is 15.9 Å². The lowest BCUT2D eigenvalue weighted by Crippen LogP contribution is -2.43. The number of benzene rings is 2. The lowest BCUT2D eigenvalue weighted by molar-refractivity contribution is -0.126. The van der Waals surface area contributed by atoms with Crippen LogP contribution in [0.15, 0.2) is 36.4 Å². The van der Waals surface area contributed by atoms with Gasteiger partial charge < -0.3 is 10.1 Å². The van der Waals surface area contributed by atoms with E-state index in [2.05, 4.69) is 25.2 Å². The number of methoxy groups -OCH3 is 1. The van der Waals surface area contributed by atoms with Crippen LogP contribution in [-0.2, 0) is 20.6 Å². The number of aryl methyl sites for hydroxylation is 1. The van der Waals surface area contributed by atoms with Crippen LogP contribution in [0.4, 0.5) is 0 Å². The molecule has 34 heavy (non-hydrogen) atoms. The highest BCUT2D eigenvalue weighted by Crippen LogP contribution is 2.32. The third kappa shape index (κ3) is 6.32. The van der Waals surface area contributed by atoms with Crippen LogP contribution in [-0.4, -0.2) is 38.8 Å². The Bertz CT molecular complexity index is 1110. The van der Waals surface area contributed by atoms with Gasteiger partial charge in [-0.25, -0.2) is 12.7 Å². The van der Waals surface area contributed by atoms with E-state index in [0.717, 1.165) is 22.4 Å². The highest BCUT2D eigenvalue weighted by atomic mass is 35.5. The zero-order chi connectivity index (χ0) is 25.0. The van der Waals surface area contributed by atoms with Crippen molar-refractivity contribution in [3.63, 3.8) is 0 Å². The van der Waals surface area contributed by atoms with Crippen LogP contribution in [0.5, 0.6) is 5.75 Å². The van der Waals surface area contributed by atoms with Gasteiger partial charge in [-0.1, -0.05) is 37.6 Å². The molecule has 1 heterocycles. The molecule has 0 aliphatic carbocycles. The van der Waals surface area contributed by atoms with Crippen molar-refractivity contribution in [3.05, 3.63) is 63.7 Å². The topological polar surface area (TPSA) is 75.7 Å². The number of hydrogen-bond donors (Lipinski definition) is 1. The largest absolute Gasteiger partial charge is 0.496 e. The molecular weight excluding hydrogens is 472 g/mol. The van der Waals surface area contributed by atoms with Crippen molar-refractivity contribution >= 4 is 27.5 Å². The number of carbonyl (C=O) groups is 1. The molecular formula is C26H35ClN2O4S. The van der Waals surface area contributed by atoms with Crippen molar-refractivity contribution in [2.75, 3.05) is 20.2 Å². The fourth-order valence-electron chi connectivity index (χ4n) is 4.50. The molecule has 0 spiro atoms. The molecule has 3 rings (SSSR count). The molecule has 2 aromatic carbocycles. The van der Waals surface area contributed by atoms with E-state index in [1.54, 1.807) is 31.4 Å². The number of halogens is 1. The first kappa shape index (κ1) is 26.5. The number of sulfonamides is 1. The van der Waals surface area contributed by atoms with E-state index >= 15 is 0 Å². The summed E-state index contributed by atoms with van der Waals surface area (Å²) in [6, 6.07) is 10.8. The Morgan fingerprint density at radius 3 is 2.29 bits per heavy atom. The molecule has 0 unspecified atom stereocenters. The van der Waals surface area contributed by atoms with Crippen molar-refractivity contribution in [2.24, 2.45) is 5.92 Å². The van der Waals surface area contributed by atoms with Gasteiger partial charge in [0.05, 0.1) is 18.9 Å². The average molecular weight is 507 g/mol. The van der Waals surface area contributed by atoms with Crippen LogP contribution >= 0.6 is 11.6 Å². The zero-order valence-corrected chi connectivity index (χ0v) is 22.2. The molecule has 0 saturated carbocycles. The van der Waals surface area contributed by atoms with Gasteiger partial charge in [0.1, 0.15) is 5.75 Å². The minimum absolute atomic E-state index is 0.0245. The molecule has 1 atom stereocenters. The standard InChI is InChI=1S/C26H35ClN2O4S/c1-17(2)23-15-24(18(3)14-25(23)33-5)19(4)28-26(30)21-10-12-29(13-11-21)34(31,32)16-20-6-8-22(27)9-7-20/h6-9,14-15,17,19,21H,10-13,16H2,1-5H3,(H,28,30)/t19-/m1/s1. The molecule has 1 aliphatic rings. The third-order valence-electron chi connectivity index (χ3n) is 6.55. The number of piperidine rings is 1. The second kappa shape index (κ2) is 11.1. The first-order chi connectivity index (χ1) is 16.0. The lowest BCUT2D eigenvalue weighted by Gasteiger charge is -2.31. The Balaban J connectivity index is 1.60. The Morgan fingerprint density at radius 2 is 1.74 bits per heavy atom. The number of rotatable bonds is 8. The quantitative estimate of drug-likeness (QED) is 0.534. The number of nitrogens with one attached hydrogen (secondary N) is 1. The Hall–Kier alpha value is -2.09. The molecule has 1 N–H and O–H groups in total. The number of nitrogens with zero attached hydrogens (tertiary/aromatic N) is 1. The second-order valence-electron chi connectivity index (χ2n) is 9.39. The predicted molar refractivity (Wildman–Crippen MR) is 137 cm³/mol. The first-order valence-electron chi connectivity index (χ1n) is 11.7. The summed E-state index contributed by atoms with van der Waals surface area (Å²) in [5, 5.41) is 3.73. The Kier molecular flexibility index (Phi) is 8.66. The molecule has 1 amide bonds. The summed E-state index contributed by atoms with van der Waals surface area (Å²) in [6.07, 6.45) is 1.02. The fourth-order valence-corrected chi connectivity index (χ4v) is 6.19.